The number of benzene rings is 2. The fraction of sp³-hybridized carbons (Fsp3) is 0.459. The third kappa shape index (κ3) is 10.2. The molecule has 2 aromatic carbocycles. The number of aryl methyl sites for hydroxylation is 2. The molecular weight excluding hydrogens is 781 g/mol. The Bertz CT molecular complexity index is 2210. The molecule has 2 aromatic heterocycles. The van der Waals surface area contributed by atoms with E-state index in [0.717, 1.165) is 38.8 Å². The first-order valence-corrected chi connectivity index (χ1v) is 22.0. The largest absolute Gasteiger partial charge is 0.506 e. The molecule has 1 aliphatic heterocycles. The number of anilines is 1. The van der Waals surface area contributed by atoms with Crippen LogP contribution in [0.2, 0.25) is 0 Å². The summed E-state index contributed by atoms with van der Waals surface area (Å²) in [6.07, 6.45) is 1.25. The number of amides is 3. The molecule has 304 valence electrons. The van der Waals surface area contributed by atoms with Crippen molar-refractivity contribution in [3.8, 4) is 5.75 Å². The Morgan fingerprint density at radius 3 is 2.36 bits per heavy atom. The van der Waals surface area contributed by atoms with Crippen LogP contribution in [0, 0.1) is 18.8 Å². The topological polar surface area (TPSA) is 207 Å². The maximum atomic E-state index is 14.3. The number of sulfonamides is 2. The van der Waals surface area contributed by atoms with Gasteiger partial charge < -0.3 is 29.9 Å². The van der Waals surface area contributed by atoms with Crippen molar-refractivity contribution in [3.63, 3.8) is 0 Å². The number of nitrogens with zero attached hydrogens (tertiary/aromatic N) is 6. The Balaban J connectivity index is 1.39. The molecule has 16 nitrogen and oxygen atoms in total. The summed E-state index contributed by atoms with van der Waals surface area (Å²) in [6, 6.07) is 10.2. The zero-order valence-electron chi connectivity index (χ0n) is 32.2. The number of imidazole rings is 1. The number of hydrogen-bond donors (Lipinski definition) is 4. The quantitative estimate of drug-likeness (QED) is 0.108. The van der Waals surface area contributed by atoms with E-state index >= 15 is 0 Å². The standard InChI is InChI=1S/C37H50N8O8S3/c1-24(2)18-44(56(52,53)29-12-13-32(46)31(17-29)41-55(50,51)34-21-42(6)23-38-34)20-33(47)30(16-27-10-8-7-9-11-27)40-36(48)35(25(3)4)45-15-14-43(37(45)49)19-28-22-54-26(5)39-28/h7-13,17,21-25,30,33,35,41,46-47H,14-16,18-20H2,1-6H3,(H,40,48)/t30-,33+,35?/m0/s1. The van der Waals surface area contributed by atoms with Crippen LogP contribution in [0.25, 0.3) is 0 Å². The van der Waals surface area contributed by atoms with Gasteiger partial charge in [-0.05, 0) is 48.9 Å². The second-order valence-corrected chi connectivity index (χ2v) is 19.3. The molecular formula is C37H50N8O8S3. The fourth-order valence-electron chi connectivity index (χ4n) is 6.55. The molecule has 0 radical (unpaired) electrons. The summed E-state index contributed by atoms with van der Waals surface area (Å²) < 4.78 is 59.3. The molecule has 0 bridgehead atoms. The van der Waals surface area contributed by atoms with Crippen molar-refractivity contribution in [2.45, 2.75) is 75.7 Å². The zero-order chi connectivity index (χ0) is 40.9. The van der Waals surface area contributed by atoms with Gasteiger partial charge in [0, 0.05) is 44.8 Å². The van der Waals surface area contributed by atoms with E-state index in [0.29, 0.717) is 19.6 Å². The van der Waals surface area contributed by atoms with Crippen molar-refractivity contribution < 1.29 is 36.6 Å². The number of aliphatic hydroxyl groups is 1. The Hall–Kier alpha value is -4.56. The lowest BCUT2D eigenvalue weighted by Gasteiger charge is -2.34. The summed E-state index contributed by atoms with van der Waals surface area (Å²) in [5.74, 6) is -1.50. The Kier molecular flexibility index (Phi) is 13.5. The average molecular weight is 831 g/mol. The first kappa shape index (κ1) is 42.6. The molecule has 3 atom stereocenters. The predicted molar refractivity (Wildman–Crippen MR) is 212 cm³/mol. The van der Waals surface area contributed by atoms with Crippen LogP contribution >= 0.6 is 11.3 Å². The lowest BCUT2D eigenvalue weighted by Crippen LogP contribution is -2.57. The van der Waals surface area contributed by atoms with E-state index in [1.54, 1.807) is 25.8 Å². The van der Waals surface area contributed by atoms with Crippen LogP contribution in [0.3, 0.4) is 0 Å². The van der Waals surface area contributed by atoms with Gasteiger partial charge in [-0.2, -0.15) is 12.7 Å². The van der Waals surface area contributed by atoms with E-state index in [2.05, 4.69) is 20.0 Å². The molecule has 4 aromatic rings. The minimum Gasteiger partial charge on any atom is -0.506 e. The van der Waals surface area contributed by atoms with E-state index < -0.39 is 56.4 Å². The number of thiazole rings is 1. The fourth-order valence-corrected chi connectivity index (χ4v) is 9.85. The average Bonchev–Trinajstić information content (AvgIpc) is 3.85. The van der Waals surface area contributed by atoms with Crippen LogP contribution in [-0.4, -0.2) is 112 Å². The number of phenols is 1. The van der Waals surface area contributed by atoms with Crippen molar-refractivity contribution in [2.24, 2.45) is 18.9 Å². The van der Waals surface area contributed by atoms with Gasteiger partial charge in [-0.15, -0.1) is 11.3 Å². The smallest absolute Gasteiger partial charge is 0.321 e. The minimum atomic E-state index is -4.43. The first-order chi connectivity index (χ1) is 26.3. The maximum absolute atomic E-state index is 14.3. The summed E-state index contributed by atoms with van der Waals surface area (Å²) in [5, 5.41) is 27.8. The van der Waals surface area contributed by atoms with Gasteiger partial charge >= 0.3 is 6.03 Å². The Labute approximate surface area is 332 Å². The van der Waals surface area contributed by atoms with Crippen molar-refractivity contribution in [3.05, 3.63) is 82.7 Å². The second-order valence-electron chi connectivity index (χ2n) is 14.7. The molecule has 5 rings (SSSR count). The highest BCUT2D eigenvalue weighted by molar-refractivity contribution is 7.92. The van der Waals surface area contributed by atoms with E-state index in [1.165, 1.54) is 33.3 Å². The van der Waals surface area contributed by atoms with Gasteiger partial charge in [0.2, 0.25) is 15.9 Å². The summed E-state index contributed by atoms with van der Waals surface area (Å²) in [6.45, 7) is 9.76. The molecule has 56 heavy (non-hydrogen) atoms. The summed E-state index contributed by atoms with van der Waals surface area (Å²) in [7, 11) is -7.13. The Morgan fingerprint density at radius 2 is 1.75 bits per heavy atom. The van der Waals surface area contributed by atoms with Crippen molar-refractivity contribution >= 4 is 49.0 Å². The normalized spacial score (nSPS) is 15.5. The molecule has 4 N–H and O–H groups in total. The highest BCUT2D eigenvalue weighted by atomic mass is 32.2. The Morgan fingerprint density at radius 1 is 1.04 bits per heavy atom. The van der Waals surface area contributed by atoms with Gasteiger partial charge in [0.1, 0.15) is 11.8 Å². The van der Waals surface area contributed by atoms with E-state index in [1.807, 2.05) is 56.5 Å². The number of hydrogen-bond acceptors (Lipinski definition) is 11. The molecule has 1 unspecified atom stereocenters. The number of urea groups is 1. The van der Waals surface area contributed by atoms with Gasteiger partial charge in [-0.3, -0.25) is 9.52 Å². The van der Waals surface area contributed by atoms with Crippen LogP contribution in [0.1, 0.15) is 44.0 Å². The molecule has 0 spiro atoms. The maximum Gasteiger partial charge on any atom is 0.321 e. The number of phenolic OH excluding ortho intramolecular Hbond substituents is 1. The first-order valence-electron chi connectivity index (χ1n) is 18.2. The van der Waals surface area contributed by atoms with Gasteiger partial charge in [0.15, 0.2) is 5.03 Å². The van der Waals surface area contributed by atoms with Crippen LogP contribution in [0.4, 0.5) is 10.5 Å². The lowest BCUT2D eigenvalue weighted by atomic mass is 9.97. The monoisotopic (exact) mass is 830 g/mol. The number of rotatable bonds is 18. The number of aromatic hydroxyl groups is 1. The van der Waals surface area contributed by atoms with E-state index in [4.69, 9.17) is 0 Å². The summed E-state index contributed by atoms with van der Waals surface area (Å²) in [5.41, 5.74) is 1.17. The van der Waals surface area contributed by atoms with Crippen LogP contribution in [-0.2, 0) is 44.9 Å². The van der Waals surface area contributed by atoms with E-state index in [9.17, 15) is 36.6 Å². The molecule has 3 amide bonds. The highest BCUT2D eigenvalue weighted by Crippen LogP contribution is 2.31. The SMILES string of the molecule is Cc1nc(CN2CCN(C(C(=O)N[C@@H](Cc3ccccc3)[C@H](O)CN(CC(C)C)S(=O)(=O)c3ccc(O)c(NS(=O)(=O)c4cn(C)cn4)c3)C(C)C)C2=O)cs1. The van der Waals surface area contributed by atoms with Gasteiger partial charge in [-0.25, -0.2) is 23.2 Å². The predicted octanol–water partition coefficient (Wildman–Crippen LogP) is 3.39. The zero-order valence-corrected chi connectivity index (χ0v) is 34.7. The second kappa shape index (κ2) is 17.7. The number of carbonyl (C=O) groups excluding carboxylic acids is 2. The summed E-state index contributed by atoms with van der Waals surface area (Å²) >= 11 is 1.50. The number of aliphatic hydroxyl groups excluding tert-OH is 1. The third-order valence-electron chi connectivity index (χ3n) is 9.24. The molecule has 1 saturated heterocycles. The van der Waals surface area contributed by atoms with Crippen molar-refractivity contribution in [2.75, 3.05) is 30.9 Å². The molecule has 1 fully saturated rings. The van der Waals surface area contributed by atoms with Gasteiger partial charge in [0.25, 0.3) is 10.0 Å². The van der Waals surface area contributed by atoms with Crippen LogP contribution < -0.4 is 10.0 Å². The molecule has 1 aliphatic rings. The van der Waals surface area contributed by atoms with Crippen LogP contribution in [0.5, 0.6) is 5.75 Å². The number of carbonyl (C=O) groups is 2. The molecule has 3 heterocycles. The number of aromatic nitrogens is 3. The van der Waals surface area contributed by atoms with Gasteiger partial charge in [-0.1, -0.05) is 58.0 Å². The molecule has 19 heteroatoms. The van der Waals surface area contributed by atoms with Crippen LogP contribution in [0.15, 0.2) is 76.4 Å². The molecule has 0 aliphatic carbocycles. The third-order valence-corrected chi connectivity index (χ3v) is 13.1. The summed E-state index contributed by atoms with van der Waals surface area (Å²) in [4.78, 5) is 39.0. The number of nitrogens with one attached hydrogen (secondary N) is 2. The van der Waals surface area contributed by atoms with Crippen molar-refractivity contribution in [1.29, 1.82) is 0 Å². The highest BCUT2D eigenvalue weighted by Gasteiger charge is 2.41. The lowest BCUT2D eigenvalue weighted by molar-refractivity contribution is -0.128. The minimum absolute atomic E-state index is 0.0352. The van der Waals surface area contributed by atoms with Crippen molar-refractivity contribution in [1.82, 2.24) is 34.0 Å². The van der Waals surface area contributed by atoms with E-state index in [-0.39, 0.29) is 46.4 Å². The van der Waals surface area contributed by atoms with Gasteiger partial charge in [0.05, 0.1) is 46.3 Å². The molecule has 0 saturated carbocycles.